The molecule has 5 nitrogen and oxygen atoms in total. The molecule has 1 aromatic rings. The molecule has 1 amide bonds. The first kappa shape index (κ1) is 17.3. The number of ether oxygens (including phenoxy) is 2. The van der Waals surface area contributed by atoms with E-state index < -0.39 is 6.09 Å². The van der Waals surface area contributed by atoms with Gasteiger partial charge in [0.05, 0.1) is 26.5 Å². The number of nitrogens with zero attached hydrogens (tertiary/aromatic N) is 1. The van der Waals surface area contributed by atoms with Gasteiger partial charge in [0, 0.05) is 7.05 Å². The smallest absolute Gasteiger partial charge is 0.413 e. The van der Waals surface area contributed by atoms with Gasteiger partial charge in [0.2, 0.25) is 0 Å². The van der Waals surface area contributed by atoms with Crippen LogP contribution in [0.25, 0.3) is 0 Å². The highest BCUT2D eigenvalue weighted by Crippen LogP contribution is 2.36. The lowest BCUT2D eigenvalue weighted by Crippen LogP contribution is -2.26. The second kappa shape index (κ2) is 7.90. The number of hydrogen-bond acceptors (Lipinski definition) is 4. The molecule has 0 unspecified atom stereocenters. The Balaban J connectivity index is 3.24. The molecule has 0 aliphatic carbocycles. The first-order valence-electron chi connectivity index (χ1n) is 6.39. The zero-order valence-electron chi connectivity index (χ0n) is 12.6. The average Bonchev–Trinajstić information content (AvgIpc) is 2.47. The van der Waals surface area contributed by atoms with Crippen LogP contribution in [-0.4, -0.2) is 39.1 Å². The van der Waals surface area contributed by atoms with Crippen molar-refractivity contribution in [3.8, 4) is 5.75 Å². The van der Waals surface area contributed by atoms with E-state index >= 15 is 0 Å². The molecule has 0 aliphatic heterocycles. The van der Waals surface area contributed by atoms with E-state index in [-0.39, 0.29) is 6.61 Å². The largest absolute Gasteiger partial charge is 0.495 e. The molecule has 1 aromatic carbocycles. The summed E-state index contributed by atoms with van der Waals surface area (Å²) in [5.41, 5.74) is 2.44. The summed E-state index contributed by atoms with van der Waals surface area (Å²) in [4.78, 5) is 13.0. The fourth-order valence-corrected chi connectivity index (χ4v) is 2.23. The van der Waals surface area contributed by atoms with Crippen LogP contribution in [0.3, 0.4) is 0 Å². The van der Waals surface area contributed by atoms with Crippen LogP contribution in [0.2, 0.25) is 5.02 Å². The SMILES string of the molecule is COC(=O)N(C)c1cc(C/C(C)=C\CO)cc(OC)c1Cl. The summed E-state index contributed by atoms with van der Waals surface area (Å²) < 4.78 is 9.95. The minimum absolute atomic E-state index is 0.00845. The van der Waals surface area contributed by atoms with Crippen molar-refractivity contribution >= 4 is 23.4 Å². The molecule has 0 saturated carbocycles. The summed E-state index contributed by atoms with van der Waals surface area (Å²) >= 11 is 6.25. The normalized spacial score (nSPS) is 11.2. The minimum atomic E-state index is -0.515. The molecule has 0 atom stereocenters. The molecule has 116 valence electrons. The van der Waals surface area contributed by atoms with Gasteiger partial charge in [0.15, 0.2) is 0 Å². The van der Waals surface area contributed by atoms with E-state index in [0.29, 0.717) is 22.9 Å². The van der Waals surface area contributed by atoms with E-state index in [1.807, 2.05) is 13.0 Å². The third-order valence-corrected chi connectivity index (χ3v) is 3.41. The molecule has 1 rings (SSSR count). The molecular formula is C15H20ClNO4. The fraction of sp³-hybridized carbons (Fsp3) is 0.400. The van der Waals surface area contributed by atoms with Crippen molar-refractivity contribution < 1.29 is 19.4 Å². The summed E-state index contributed by atoms with van der Waals surface area (Å²) in [6, 6.07) is 3.61. The van der Waals surface area contributed by atoms with Crippen LogP contribution in [0.5, 0.6) is 5.75 Å². The third-order valence-electron chi connectivity index (χ3n) is 3.03. The highest BCUT2D eigenvalue weighted by molar-refractivity contribution is 6.35. The number of benzene rings is 1. The number of methoxy groups -OCH3 is 2. The van der Waals surface area contributed by atoms with E-state index in [4.69, 9.17) is 26.2 Å². The lowest BCUT2D eigenvalue weighted by atomic mass is 10.0. The van der Waals surface area contributed by atoms with E-state index in [1.54, 1.807) is 19.2 Å². The van der Waals surface area contributed by atoms with Gasteiger partial charge < -0.3 is 14.6 Å². The third kappa shape index (κ3) is 4.37. The van der Waals surface area contributed by atoms with Crippen LogP contribution < -0.4 is 9.64 Å². The average molecular weight is 314 g/mol. The van der Waals surface area contributed by atoms with Crippen molar-refractivity contribution in [1.29, 1.82) is 0 Å². The number of carbonyl (C=O) groups excluding carboxylic acids is 1. The topological polar surface area (TPSA) is 59.0 Å². The maximum absolute atomic E-state index is 11.7. The number of allylic oxidation sites excluding steroid dienone is 1. The van der Waals surface area contributed by atoms with Crippen molar-refractivity contribution in [3.05, 3.63) is 34.4 Å². The van der Waals surface area contributed by atoms with Crippen molar-refractivity contribution in [1.82, 2.24) is 0 Å². The number of amides is 1. The van der Waals surface area contributed by atoms with Gasteiger partial charge in [0.25, 0.3) is 0 Å². The Morgan fingerprint density at radius 1 is 1.43 bits per heavy atom. The number of carbonyl (C=O) groups is 1. The monoisotopic (exact) mass is 313 g/mol. The molecule has 0 fully saturated rings. The molecule has 0 bridgehead atoms. The number of aliphatic hydroxyl groups is 1. The summed E-state index contributed by atoms with van der Waals surface area (Å²) in [7, 11) is 4.40. The van der Waals surface area contributed by atoms with Crippen LogP contribution in [0.15, 0.2) is 23.8 Å². The second-order valence-electron chi connectivity index (χ2n) is 4.57. The zero-order chi connectivity index (χ0) is 16.0. The quantitative estimate of drug-likeness (QED) is 0.849. The highest BCUT2D eigenvalue weighted by atomic mass is 35.5. The van der Waals surface area contributed by atoms with Gasteiger partial charge in [-0.2, -0.15) is 0 Å². The van der Waals surface area contributed by atoms with Gasteiger partial charge in [-0.15, -0.1) is 0 Å². The van der Waals surface area contributed by atoms with Gasteiger partial charge >= 0.3 is 6.09 Å². The Kier molecular flexibility index (Phi) is 6.52. The number of halogens is 1. The van der Waals surface area contributed by atoms with Gasteiger partial charge in [-0.1, -0.05) is 23.3 Å². The molecule has 21 heavy (non-hydrogen) atoms. The van der Waals surface area contributed by atoms with Crippen molar-refractivity contribution in [2.45, 2.75) is 13.3 Å². The Morgan fingerprint density at radius 2 is 2.10 bits per heavy atom. The molecule has 0 saturated heterocycles. The summed E-state index contributed by atoms with van der Waals surface area (Å²) in [6.07, 6.45) is 1.83. The van der Waals surface area contributed by atoms with E-state index in [9.17, 15) is 4.79 Å². The molecular weight excluding hydrogens is 294 g/mol. The van der Waals surface area contributed by atoms with Crippen LogP contribution in [0.4, 0.5) is 10.5 Å². The number of rotatable bonds is 5. The lowest BCUT2D eigenvalue weighted by Gasteiger charge is -2.20. The Morgan fingerprint density at radius 3 is 2.62 bits per heavy atom. The summed E-state index contributed by atoms with van der Waals surface area (Å²) in [5, 5.41) is 9.26. The van der Waals surface area contributed by atoms with Crippen LogP contribution >= 0.6 is 11.6 Å². The summed E-state index contributed by atoms with van der Waals surface area (Å²) in [5.74, 6) is 0.483. The van der Waals surface area contributed by atoms with Gasteiger partial charge in [-0.25, -0.2) is 4.79 Å². The van der Waals surface area contributed by atoms with Crippen LogP contribution in [0.1, 0.15) is 12.5 Å². The molecule has 0 radical (unpaired) electrons. The highest BCUT2D eigenvalue weighted by Gasteiger charge is 2.18. The molecule has 0 aromatic heterocycles. The lowest BCUT2D eigenvalue weighted by molar-refractivity contribution is 0.180. The van der Waals surface area contributed by atoms with E-state index in [1.165, 1.54) is 19.1 Å². The second-order valence-corrected chi connectivity index (χ2v) is 4.95. The Hall–Kier alpha value is -1.72. The summed E-state index contributed by atoms with van der Waals surface area (Å²) in [6.45, 7) is 1.91. The maximum Gasteiger partial charge on any atom is 0.413 e. The van der Waals surface area contributed by atoms with Crippen molar-refractivity contribution in [3.63, 3.8) is 0 Å². The molecule has 1 N–H and O–H groups in total. The maximum atomic E-state index is 11.7. The number of hydrogen-bond donors (Lipinski definition) is 1. The van der Waals surface area contributed by atoms with Crippen LogP contribution in [0, 0.1) is 0 Å². The first-order chi connectivity index (χ1) is 9.94. The molecule has 6 heteroatoms. The van der Waals surface area contributed by atoms with E-state index in [2.05, 4.69) is 0 Å². The molecule has 0 heterocycles. The van der Waals surface area contributed by atoms with Gasteiger partial charge in [0.1, 0.15) is 10.8 Å². The Labute approximate surface area is 129 Å². The predicted octanol–water partition coefficient (Wildman–Crippen LogP) is 3.03. The van der Waals surface area contributed by atoms with Crippen LogP contribution in [-0.2, 0) is 11.2 Å². The number of aliphatic hydroxyl groups excluding tert-OH is 1. The standard InChI is InChI=1S/C15H20ClNO4/c1-10(5-6-18)7-11-8-12(17(2)15(19)21-4)14(16)13(9-11)20-3/h5,8-9,18H,6-7H2,1-4H3/b10-5-. The molecule has 0 spiro atoms. The van der Waals surface area contributed by atoms with E-state index in [0.717, 1.165) is 11.1 Å². The zero-order valence-corrected chi connectivity index (χ0v) is 13.4. The number of anilines is 1. The minimum Gasteiger partial charge on any atom is -0.495 e. The first-order valence-corrected chi connectivity index (χ1v) is 6.77. The van der Waals surface area contributed by atoms with Gasteiger partial charge in [-0.05, 0) is 31.0 Å². The Bertz CT molecular complexity index is 543. The van der Waals surface area contributed by atoms with Gasteiger partial charge in [-0.3, -0.25) is 4.90 Å². The van der Waals surface area contributed by atoms with Crippen molar-refractivity contribution in [2.24, 2.45) is 0 Å². The predicted molar refractivity (Wildman–Crippen MR) is 83.4 cm³/mol. The fourth-order valence-electron chi connectivity index (χ4n) is 1.92. The molecule has 0 aliphatic rings. The van der Waals surface area contributed by atoms with Crippen molar-refractivity contribution in [2.75, 3.05) is 32.8 Å².